The molecule has 0 aliphatic rings. The third kappa shape index (κ3) is 3.43. The predicted molar refractivity (Wildman–Crippen MR) is 70.2 cm³/mol. The van der Waals surface area contributed by atoms with Crippen molar-refractivity contribution in [2.45, 2.75) is 26.3 Å². The van der Waals surface area contributed by atoms with E-state index in [1.165, 1.54) is 18.4 Å². The smallest absolute Gasteiger partial charge is 0.0991 e. The van der Waals surface area contributed by atoms with E-state index >= 15 is 0 Å². The van der Waals surface area contributed by atoms with E-state index < -0.39 is 0 Å². The van der Waals surface area contributed by atoms with E-state index in [1.54, 1.807) is 6.20 Å². The summed E-state index contributed by atoms with van der Waals surface area (Å²) in [7, 11) is 0. The number of hydrogen-bond acceptors (Lipinski definition) is 2. The lowest BCUT2D eigenvalue weighted by Crippen LogP contribution is -2.14. The Bertz CT molecular complexity index is 417. The number of aromatic nitrogens is 2. The summed E-state index contributed by atoms with van der Waals surface area (Å²) in [5, 5.41) is 3.44. The van der Waals surface area contributed by atoms with Crippen molar-refractivity contribution in [1.82, 2.24) is 14.9 Å². The monoisotopic (exact) mass is 229 g/mol. The highest BCUT2D eigenvalue weighted by atomic mass is 15.0. The lowest BCUT2D eigenvalue weighted by molar-refractivity contribution is 0.641. The lowest BCUT2D eigenvalue weighted by atomic mass is 10.2. The molecular weight excluding hydrogens is 210 g/mol. The fourth-order valence-electron chi connectivity index (χ4n) is 1.73. The second-order valence-corrected chi connectivity index (χ2v) is 4.17. The molecule has 2 aromatic rings. The molecule has 1 aromatic heterocycles. The van der Waals surface area contributed by atoms with E-state index in [1.807, 2.05) is 17.1 Å². The van der Waals surface area contributed by atoms with Crippen LogP contribution in [0.2, 0.25) is 0 Å². The van der Waals surface area contributed by atoms with Gasteiger partial charge in [0.2, 0.25) is 0 Å². The molecule has 90 valence electrons. The Kier molecular flexibility index (Phi) is 4.33. The number of hydrogen-bond donors (Lipinski definition) is 1. The molecule has 0 radical (unpaired) electrons. The van der Waals surface area contributed by atoms with E-state index in [0.29, 0.717) is 0 Å². The van der Waals surface area contributed by atoms with Crippen LogP contribution < -0.4 is 5.32 Å². The fourth-order valence-corrected chi connectivity index (χ4v) is 1.73. The molecule has 3 heteroatoms. The van der Waals surface area contributed by atoms with Crippen molar-refractivity contribution in [2.75, 3.05) is 6.54 Å². The Morgan fingerprint density at radius 3 is 2.71 bits per heavy atom. The first-order valence-electron chi connectivity index (χ1n) is 6.18. The van der Waals surface area contributed by atoms with Crippen LogP contribution in [0.25, 0.3) is 5.69 Å². The molecular formula is C14H19N3. The van der Waals surface area contributed by atoms with Gasteiger partial charge in [-0.2, -0.15) is 0 Å². The molecule has 0 amide bonds. The molecule has 0 bridgehead atoms. The van der Waals surface area contributed by atoms with Gasteiger partial charge in [0.05, 0.1) is 6.33 Å². The van der Waals surface area contributed by atoms with E-state index in [2.05, 4.69) is 41.5 Å². The highest BCUT2D eigenvalue weighted by Crippen LogP contribution is 2.09. The van der Waals surface area contributed by atoms with Crippen molar-refractivity contribution in [2.24, 2.45) is 0 Å². The van der Waals surface area contributed by atoms with Gasteiger partial charge >= 0.3 is 0 Å². The predicted octanol–water partition coefficient (Wildman–Crippen LogP) is 2.76. The number of unbranched alkanes of at least 4 members (excludes halogenated alkanes) is 1. The summed E-state index contributed by atoms with van der Waals surface area (Å²) in [6, 6.07) is 8.57. The van der Waals surface area contributed by atoms with Gasteiger partial charge in [-0.05, 0) is 30.7 Å². The van der Waals surface area contributed by atoms with E-state index in [4.69, 9.17) is 0 Å². The van der Waals surface area contributed by atoms with Gasteiger partial charge in [-0.1, -0.05) is 25.5 Å². The molecule has 0 aliphatic carbocycles. The number of benzene rings is 1. The first-order chi connectivity index (χ1) is 8.40. The molecule has 0 saturated heterocycles. The van der Waals surface area contributed by atoms with Crippen molar-refractivity contribution >= 4 is 0 Å². The first kappa shape index (κ1) is 11.9. The zero-order chi connectivity index (χ0) is 11.9. The van der Waals surface area contributed by atoms with E-state index in [-0.39, 0.29) is 0 Å². The molecule has 1 N–H and O–H groups in total. The molecule has 2 rings (SSSR count). The maximum absolute atomic E-state index is 4.04. The van der Waals surface area contributed by atoms with Crippen molar-refractivity contribution < 1.29 is 0 Å². The zero-order valence-electron chi connectivity index (χ0n) is 10.3. The summed E-state index contributed by atoms with van der Waals surface area (Å²) < 4.78 is 2.01. The van der Waals surface area contributed by atoms with Crippen molar-refractivity contribution in [1.29, 1.82) is 0 Å². The van der Waals surface area contributed by atoms with Crippen LogP contribution in [-0.2, 0) is 6.54 Å². The van der Waals surface area contributed by atoms with Crippen LogP contribution in [0, 0.1) is 0 Å². The number of nitrogens with one attached hydrogen (secondary N) is 1. The van der Waals surface area contributed by atoms with Gasteiger partial charge in [0.1, 0.15) is 0 Å². The van der Waals surface area contributed by atoms with Gasteiger partial charge in [0.15, 0.2) is 0 Å². The lowest BCUT2D eigenvalue weighted by Gasteiger charge is -2.06. The zero-order valence-corrected chi connectivity index (χ0v) is 10.3. The van der Waals surface area contributed by atoms with E-state index in [9.17, 15) is 0 Å². The second-order valence-electron chi connectivity index (χ2n) is 4.17. The fraction of sp³-hybridized carbons (Fsp3) is 0.357. The summed E-state index contributed by atoms with van der Waals surface area (Å²) in [6.07, 6.45) is 8.04. The summed E-state index contributed by atoms with van der Waals surface area (Å²) in [6.45, 7) is 4.26. The van der Waals surface area contributed by atoms with Gasteiger partial charge in [-0.3, -0.25) is 0 Å². The molecule has 3 nitrogen and oxygen atoms in total. The largest absolute Gasteiger partial charge is 0.313 e. The van der Waals surface area contributed by atoms with Gasteiger partial charge in [-0.15, -0.1) is 0 Å². The minimum atomic E-state index is 0.949. The Morgan fingerprint density at radius 2 is 2.06 bits per heavy atom. The second kappa shape index (κ2) is 6.21. The van der Waals surface area contributed by atoms with E-state index in [0.717, 1.165) is 18.8 Å². The molecule has 0 fully saturated rings. The average molecular weight is 229 g/mol. The highest BCUT2D eigenvalue weighted by molar-refractivity contribution is 5.34. The normalized spacial score (nSPS) is 10.6. The first-order valence-corrected chi connectivity index (χ1v) is 6.18. The molecule has 0 aliphatic heterocycles. The van der Waals surface area contributed by atoms with Gasteiger partial charge < -0.3 is 9.88 Å². The quantitative estimate of drug-likeness (QED) is 0.772. The number of imidazole rings is 1. The molecule has 17 heavy (non-hydrogen) atoms. The molecule has 1 aromatic carbocycles. The van der Waals surface area contributed by atoms with Crippen LogP contribution in [0.5, 0.6) is 0 Å². The third-order valence-corrected chi connectivity index (χ3v) is 2.78. The van der Waals surface area contributed by atoms with Crippen LogP contribution in [0.3, 0.4) is 0 Å². The third-order valence-electron chi connectivity index (χ3n) is 2.78. The number of rotatable bonds is 6. The molecule has 0 saturated carbocycles. The van der Waals surface area contributed by atoms with Crippen LogP contribution >= 0.6 is 0 Å². The average Bonchev–Trinajstić information content (AvgIpc) is 2.89. The molecule has 1 heterocycles. The molecule has 0 atom stereocenters. The van der Waals surface area contributed by atoms with Crippen LogP contribution in [0.1, 0.15) is 25.3 Å². The standard InChI is InChI=1S/C14H19N3/c1-2-3-8-15-11-13-4-6-14(7-5-13)17-10-9-16-12-17/h4-7,9-10,12,15H,2-3,8,11H2,1H3. The minimum absolute atomic E-state index is 0.949. The van der Waals surface area contributed by atoms with Crippen molar-refractivity contribution in [3.05, 3.63) is 48.5 Å². The van der Waals surface area contributed by atoms with Crippen LogP contribution in [-0.4, -0.2) is 16.1 Å². The SMILES string of the molecule is CCCCNCc1ccc(-n2ccnc2)cc1. The summed E-state index contributed by atoms with van der Waals surface area (Å²) in [5.74, 6) is 0. The number of nitrogens with zero attached hydrogens (tertiary/aromatic N) is 2. The van der Waals surface area contributed by atoms with Gasteiger partial charge in [0.25, 0.3) is 0 Å². The minimum Gasteiger partial charge on any atom is -0.313 e. The molecule has 0 spiro atoms. The Balaban J connectivity index is 1.90. The van der Waals surface area contributed by atoms with Gasteiger partial charge in [-0.25, -0.2) is 4.98 Å². The highest BCUT2D eigenvalue weighted by Gasteiger charge is 1.96. The van der Waals surface area contributed by atoms with Crippen molar-refractivity contribution in [3.63, 3.8) is 0 Å². The van der Waals surface area contributed by atoms with Crippen LogP contribution in [0.15, 0.2) is 43.0 Å². The Hall–Kier alpha value is -1.61. The maximum Gasteiger partial charge on any atom is 0.0991 e. The van der Waals surface area contributed by atoms with Crippen LogP contribution in [0.4, 0.5) is 0 Å². The van der Waals surface area contributed by atoms with Gasteiger partial charge in [0, 0.05) is 24.6 Å². The van der Waals surface area contributed by atoms with Crippen molar-refractivity contribution in [3.8, 4) is 5.69 Å². The Morgan fingerprint density at radius 1 is 1.24 bits per heavy atom. The summed E-state index contributed by atoms with van der Waals surface area (Å²) >= 11 is 0. The summed E-state index contributed by atoms with van der Waals surface area (Å²) in [4.78, 5) is 4.04. The Labute approximate surface area is 103 Å². The molecule has 0 unspecified atom stereocenters. The summed E-state index contributed by atoms with van der Waals surface area (Å²) in [5.41, 5.74) is 2.48. The maximum atomic E-state index is 4.04. The topological polar surface area (TPSA) is 29.9 Å².